The average molecular weight is 493 g/mol. The number of ether oxygens (including phenoxy) is 1. The van der Waals surface area contributed by atoms with E-state index in [-0.39, 0.29) is 23.4 Å². The standard InChI is InChI=1S/C22H20ClF3N6O2/c1-4-31-11-16(23)18(29-31)12-30(2)21(33)15-10-27-32-19(22(24,25)26)9-17(28-20(15)32)13-5-7-14(34-3)8-6-13/h5-11H,4,12H2,1-3H3. The van der Waals surface area contributed by atoms with Crippen LogP contribution >= 0.6 is 11.6 Å². The maximum atomic E-state index is 13.8. The van der Waals surface area contributed by atoms with E-state index in [0.717, 1.165) is 12.3 Å². The number of amides is 1. The van der Waals surface area contributed by atoms with Crippen LogP contribution in [0.4, 0.5) is 13.2 Å². The van der Waals surface area contributed by atoms with Crippen molar-refractivity contribution in [2.45, 2.75) is 26.2 Å². The van der Waals surface area contributed by atoms with Gasteiger partial charge in [0.15, 0.2) is 11.3 Å². The molecule has 0 bridgehead atoms. The highest BCUT2D eigenvalue weighted by molar-refractivity contribution is 6.31. The second-order valence-electron chi connectivity index (χ2n) is 7.49. The molecule has 1 amide bonds. The lowest BCUT2D eigenvalue weighted by atomic mass is 10.1. The van der Waals surface area contributed by atoms with Gasteiger partial charge in [0.05, 0.1) is 30.6 Å². The molecule has 0 saturated carbocycles. The Kier molecular flexibility index (Phi) is 6.22. The van der Waals surface area contributed by atoms with Crippen LogP contribution < -0.4 is 4.74 Å². The minimum Gasteiger partial charge on any atom is -0.497 e. The molecule has 0 unspecified atom stereocenters. The van der Waals surface area contributed by atoms with Crippen LogP contribution in [0, 0.1) is 0 Å². The maximum Gasteiger partial charge on any atom is 0.433 e. The van der Waals surface area contributed by atoms with Gasteiger partial charge in [0.2, 0.25) is 0 Å². The summed E-state index contributed by atoms with van der Waals surface area (Å²) in [4.78, 5) is 18.8. The highest BCUT2D eigenvalue weighted by Gasteiger charge is 2.36. The number of nitrogens with zero attached hydrogens (tertiary/aromatic N) is 6. The molecule has 8 nitrogen and oxygen atoms in total. The van der Waals surface area contributed by atoms with Gasteiger partial charge in [-0.3, -0.25) is 9.48 Å². The summed E-state index contributed by atoms with van der Waals surface area (Å²) in [6.07, 6.45) is -2.00. The number of hydrogen-bond acceptors (Lipinski definition) is 5. The van der Waals surface area contributed by atoms with Gasteiger partial charge in [-0.25, -0.2) is 9.50 Å². The topological polar surface area (TPSA) is 77.6 Å². The zero-order chi connectivity index (χ0) is 24.6. The van der Waals surface area contributed by atoms with Gasteiger partial charge < -0.3 is 9.64 Å². The molecule has 0 aliphatic heterocycles. The third kappa shape index (κ3) is 4.43. The Hall–Kier alpha value is -3.60. The molecule has 0 saturated heterocycles. The van der Waals surface area contributed by atoms with Gasteiger partial charge >= 0.3 is 6.18 Å². The lowest BCUT2D eigenvalue weighted by molar-refractivity contribution is -0.142. The third-order valence-corrected chi connectivity index (χ3v) is 5.54. The van der Waals surface area contributed by atoms with E-state index in [4.69, 9.17) is 16.3 Å². The molecular formula is C22H20ClF3N6O2. The van der Waals surface area contributed by atoms with Crippen LogP contribution in [0.25, 0.3) is 16.9 Å². The molecule has 0 aliphatic rings. The van der Waals surface area contributed by atoms with E-state index in [2.05, 4.69) is 15.2 Å². The average Bonchev–Trinajstić information content (AvgIpc) is 3.40. The zero-order valence-corrected chi connectivity index (χ0v) is 19.2. The third-order valence-electron chi connectivity index (χ3n) is 5.22. The summed E-state index contributed by atoms with van der Waals surface area (Å²) < 4.78 is 48.9. The number of methoxy groups -OCH3 is 1. The van der Waals surface area contributed by atoms with Crippen LogP contribution in [0.5, 0.6) is 5.75 Å². The number of carbonyl (C=O) groups excluding carboxylic acids is 1. The van der Waals surface area contributed by atoms with Crippen LogP contribution in [0.3, 0.4) is 0 Å². The van der Waals surface area contributed by atoms with E-state index in [1.54, 1.807) is 35.1 Å². The molecule has 0 aliphatic carbocycles. The Balaban J connectivity index is 1.76. The predicted molar refractivity (Wildman–Crippen MR) is 119 cm³/mol. The summed E-state index contributed by atoms with van der Waals surface area (Å²) in [5, 5.41) is 8.51. The quantitative estimate of drug-likeness (QED) is 0.394. The van der Waals surface area contributed by atoms with Crippen molar-refractivity contribution in [3.8, 4) is 17.0 Å². The van der Waals surface area contributed by atoms with Gasteiger partial charge in [0.25, 0.3) is 5.91 Å². The number of fused-ring (bicyclic) bond motifs is 1. The molecule has 1 aromatic carbocycles. The number of benzene rings is 1. The molecule has 178 valence electrons. The number of aryl methyl sites for hydroxylation is 1. The van der Waals surface area contributed by atoms with Crippen molar-refractivity contribution in [3.63, 3.8) is 0 Å². The summed E-state index contributed by atoms with van der Waals surface area (Å²) in [5.74, 6) is -0.0171. The number of hydrogen-bond donors (Lipinski definition) is 0. The summed E-state index contributed by atoms with van der Waals surface area (Å²) >= 11 is 6.19. The molecule has 12 heteroatoms. The molecule has 4 aromatic rings. The number of alkyl halides is 3. The Morgan fingerprint density at radius 1 is 1.24 bits per heavy atom. The zero-order valence-electron chi connectivity index (χ0n) is 18.5. The largest absolute Gasteiger partial charge is 0.497 e. The van der Waals surface area contributed by atoms with Crippen molar-refractivity contribution in [3.05, 3.63) is 64.7 Å². The van der Waals surface area contributed by atoms with Gasteiger partial charge in [-0.05, 0) is 37.3 Å². The van der Waals surface area contributed by atoms with Crippen LogP contribution in [-0.4, -0.2) is 49.3 Å². The summed E-state index contributed by atoms with van der Waals surface area (Å²) in [5.41, 5.74) is -0.381. The number of carbonyl (C=O) groups is 1. The predicted octanol–water partition coefficient (Wildman–Crippen LogP) is 4.57. The van der Waals surface area contributed by atoms with Gasteiger partial charge in [0, 0.05) is 25.4 Å². The fraction of sp³-hybridized carbons (Fsp3) is 0.273. The Morgan fingerprint density at radius 3 is 2.53 bits per heavy atom. The molecule has 0 spiro atoms. The van der Waals surface area contributed by atoms with Crippen LogP contribution in [0.1, 0.15) is 28.7 Å². The van der Waals surface area contributed by atoms with Crippen molar-refractivity contribution >= 4 is 23.2 Å². The van der Waals surface area contributed by atoms with E-state index in [1.807, 2.05) is 6.92 Å². The monoisotopic (exact) mass is 492 g/mol. The first kappa shape index (κ1) is 23.6. The number of halogens is 4. The smallest absolute Gasteiger partial charge is 0.433 e. The summed E-state index contributed by atoms with van der Waals surface area (Å²) in [7, 11) is 2.99. The minimum atomic E-state index is -4.72. The molecule has 3 heterocycles. The molecule has 0 atom stereocenters. The highest BCUT2D eigenvalue weighted by Crippen LogP contribution is 2.33. The molecule has 3 aromatic heterocycles. The van der Waals surface area contributed by atoms with Gasteiger partial charge in [-0.1, -0.05) is 11.6 Å². The summed E-state index contributed by atoms with van der Waals surface area (Å²) in [6.45, 7) is 2.56. The fourth-order valence-corrected chi connectivity index (χ4v) is 3.64. The molecular weight excluding hydrogens is 473 g/mol. The number of aromatic nitrogens is 5. The van der Waals surface area contributed by atoms with Crippen LogP contribution in [-0.2, 0) is 19.3 Å². The minimum absolute atomic E-state index is 0.0458. The molecule has 0 fully saturated rings. The fourth-order valence-electron chi connectivity index (χ4n) is 3.43. The second-order valence-corrected chi connectivity index (χ2v) is 7.89. The maximum absolute atomic E-state index is 13.8. The molecule has 0 N–H and O–H groups in total. The van der Waals surface area contributed by atoms with E-state index < -0.39 is 17.8 Å². The van der Waals surface area contributed by atoms with Crippen molar-refractivity contribution in [2.75, 3.05) is 14.2 Å². The van der Waals surface area contributed by atoms with E-state index >= 15 is 0 Å². The van der Waals surface area contributed by atoms with Crippen molar-refractivity contribution in [2.24, 2.45) is 0 Å². The molecule has 0 radical (unpaired) electrons. The number of rotatable bonds is 6. The SMILES string of the molecule is CCn1cc(Cl)c(CN(C)C(=O)c2cnn3c(C(F)(F)F)cc(-c4ccc(OC)cc4)nc23)n1. The van der Waals surface area contributed by atoms with Crippen molar-refractivity contribution < 1.29 is 22.7 Å². The van der Waals surface area contributed by atoms with Gasteiger partial charge in [-0.2, -0.15) is 23.4 Å². The normalized spacial score (nSPS) is 11.7. The second kappa shape index (κ2) is 8.98. The Morgan fingerprint density at radius 2 is 1.94 bits per heavy atom. The van der Waals surface area contributed by atoms with Gasteiger partial charge in [-0.15, -0.1) is 0 Å². The van der Waals surface area contributed by atoms with Crippen LogP contribution in [0.2, 0.25) is 5.02 Å². The Labute approximate surface area is 197 Å². The van der Waals surface area contributed by atoms with E-state index in [0.29, 0.717) is 33.1 Å². The summed E-state index contributed by atoms with van der Waals surface area (Å²) in [6, 6.07) is 7.31. The molecule has 4 rings (SSSR count). The van der Waals surface area contributed by atoms with E-state index in [9.17, 15) is 18.0 Å². The van der Waals surface area contributed by atoms with E-state index in [1.165, 1.54) is 19.1 Å². The van der Waals surface area contributed by atoms with Crippen LogP contribution in [0.15, 0.2) is 42.7 Å². The van der Waals surface area contributed by atoms with Gasteiger partial charge in [0.1, 0.15) is 17.0 Å². The van der Waals surface area contributed by atoms with Crippen molar-refractivity contribution in [1.29, 1.82) is 0 Å². The van der Waals surface area contributed by atoms with Crippen molar-refractivity contribution in [1.82, 2.24) is 29.3 Å². The first-order valence-corrected chi connectivity index (χ1v) is 10.6. The lowest BCUT2D eigenvalue weighted by Crippen LogP contribution is -2.27. The molecule has 34 heavy (non-hydrogen) atoms. The first-order chi connectivity index (χ1) is 16.1. The Bertz CT molecular complexity index is 1350. The highest BCUT2D eigenvalue weighted by atomic mass is 35.5. The first-order valence-electron chi connectivity index (χ1n) is 10.2. The lowest BCUT2D eigenvalue weighted by Gasteiger charge is -2.16.